The number of nitrogens with zero attached hydrogens (tertiary/aromatic N) is 10. The summed E-state index contributed by atoms with van der Waals surface area (Å²) in [4.78, 5) is 88.3. The number of hydrogen-bond donors (Lipinski definition) is 8. The molecule has 0 saturated carbocycles. The second-order valence-electron chi connectivity index (χ2n) is 21.5. The molecule has 0 aliphatic heterocycles. The van der Waals surface area contributed by atoms with Crippen LogP contribution in [0.3, 0.4) is 0 Å². The number of hydrogen-bond acceptors (Lipinski definition) is 17. The zero-order valence-electron chi connectivity index (χ0n) is 50.8. The van der Waals surface area contributed by atoms with Crippen LogP contribution in [0.5, 0.6) is 11.5 Å². The van der Waals surface area contributed by atoms with Gasteiger partial charge in [-0.05, 0) is 83.9 Å². The lowest BCUT2D eigenvalue weighted by molar-refractivity contribution is -0.140. The van der Waals surface area contributed by atoms with Gasteiger partial charge in [0.05, 0.1) is 41.3 Å². The number of H-pyrrole nitrogens is 3. The number of amides is 3. The van der Waals surface area contributed by atoms with E-state index in [-0.39, 0.29) is 27.5 Å². The first-order chi connectivity index (χ1) is 43.1. The highest BCUT2D eigenvalue weighted by molar-refractivity contribution is 6.32. The van der Waals surface area contributed by atoms with E-state index < -0.39 is 54.1 Å². The molecular weight excluding hydrogens is 1250 g/mol. The van der Waals surface area contributed by atoms with Gasteiger partial charge in [0.15, 0.2) is 29.0 Å². The third-order valence-corrected chi connectivity index (χ3v) is 15.2. The molecule has 0 radical (unpaired) electrons. The number of fused-ring (bicyclic) bond motifs is 4. The number of halogens is 8. The number of rotatable bonds is 20. The van der Waals surface area contributed by atoms with Crippen molar-refractivity contribution in [1.82, 2.24) is 75.3 Å². The van der Waals surface area contributed by atoms with Crippen LogP contribution in [-0.4, -0.2) is 153 Å². The Bertz CT molecular complexity index is 4300. The summed E-state index contributed by atoms with van der Waals surface area (Å²) in [5.41, 5.74) is 1.13. The van der Waals surface area contributed by atoms with Gasteiger partial charge in [0.1, 0.15) is 57.6 Å². The predicted octanol–water partition coefficient (Wildman–Crippen LogP) is 13.8. The van der Waals surface area contributed by atoms with Crippen LogP contribution < -0.4 is 36.1 Å². The standard InChI is InChI=1S/C23H22ClF3N6O3.C19H23ClN6O.C18H19ClF2N6O.7H2/c1-22(2,21(34)30-10-23(25,26)27)33-20-13-6-16(35-3)17(36-4)7-15(13)31-19(32-20)14-9-29-18-12(14)5-11(24)8-28-18;1-5-19(3,18(27)26(4)6-2)25-15-7-8-21-17(24-15)14-11-23-16-13(14)9-12(20)10-22-16;1-3-18(2,17(28)25-9-13(20)21)27-14-4-5-22-16(26-14)12-8-24-15-11(12)6-10(19)7-23-15;;;;;;;/h5-9H,10H2,1-4H3,(H,28,29)(H,30,34)(H,31,32,33);7-11H,5-6H2,1-4H3,(H,22,23)(H,21,24,25);4-8,13H,3,9H2,1-2H3,(H,23,24)(H,25,28)(H,22,26,27);7*1H/t;19-;18-;;;;;;;/m.11......./s1. The van der Waals surface area contributed by atoms with Crippen LogP contribution in [0.25, 0.3) is 78.2 Å². The van der Waals surface area contributed by atoms with Crippen molar-refractivity contribution in [3.63, 3.8) is 0 Å². The molecule has 23 nitrogen and oxygen atoms in total. The molecule has 31 heteroatoms. The van der Waals surface area contributed by atoms with Crippen molar-refractivity contribution >= 4 is 114 Å². The Morgan fingerprint density at radius 3 is 1.51 bits per heavy atom. The molecule has 1 aromatic carbocycles. The average Bonchev–Trinajstić information content (AvgIpc) is 1.25. The first-order valence-corrected chi connectivity index (χ1v) is 29.3. The number of anilines is 3. The molecule has 10 aromatic rings. The molecule has 0 fully saturated rings. The molecule has 0 aliphatic rings. The van der Waals surface area contributed by atoms with Gasteiger partial charge in [0.25, 0.3) is 6.43 Å². The second kappa shape index (κ2) is 28.3. The van der Waals surface area contributed by atoms with Crippen LogP contribution in [0.4, 0.5) is 39.4 Å². The summed E-state index contributed by atoms with van der Waals surface area (Å²) < 4.78 is 73.6. The normalized spacial score (nSPS) is 12.9. The molecule has 494 valence electrons. The Morgan fingerprint density at radius 2 is 1.07 bits per heavy atom. The fourth-order valence-corrected chi connectivity index (χ4v) is 9.60. The van der Waals surface area contributed by atoms with Crippen LogP contribution >= 0.6 is 34.8 Å². The summed E-state index contributed by atoms with van der Waals surface area (Å²) in [5, 5.41) is 17.6. The first kappa shape index (κ1) is 67.6. The molecule has 9 heterocycles. The van der Waals surface area contributed by atoms with Gasteiger partial charge in [0, 0.05) is 117 Å². The Hall–Kier alpha value is -9.28. The zero-order chi connectivity index (χ0) is 66.2. The second-order valence-corrected chi connectivity index (χ2v) is 22.8. The van der Waals surface area contributed by atoms with Gasteiger partial charge in [-0.1, -0.05) is 48.7 Å². The number of aromatic nitrogens is 12. The average molecular weight is 1330 g/mol. The predicted molar refractivity (Wildman–Crippen MR) is 356 cm³/mol. The zero-order valence-corrected chi connectivity index (χ0v) is 53.1. The number of likely N-dealkylation sites (N-methyl/N-ethyl adjacent to an activating group) is 1. The lowest BCUT2D eigenvalue weighted by Gasteiger charge is -2.32. The highest BCUT2D eigenvalue weighted by Gasteiger charge is 2.36. The maximum absolute atomic E-state index is 12.7. The highest BCUT2D eigenvalue weighted by Crippen LogP contribution is 2.38. The van der Waals surface area contributed by atoms with E-state index in [1.165, 1.54) is 40.5 Å². The van der Waals surface area contributed by atoms with Gasteiger partial charge in [-0.2, -0.15) is 13.2 Å². The third kappa shape index (κ3) is 16.0. The number of benzene rings is 1. The smallest absolute Gasteiger partial charge is 0.405 e. The summed E-state index contributed by atoms with van der Waals surface area (Å²) in [5.74, 6) is 1.81. The van der Waals surface area contributed by atoms with E-state index >= 15 is 0 Å². The Morgan fingerprint density at radius 1 is 0.604 bits per heavy atom. The first-order valence-electron chi connectivity index (χ1n) is 28.1. The molecule has 8 N–H and O–H groups in total. The van der Waals surface area contributed by atoms with Crippen LogP contribution in [0, 0.1) is 0 Å². The molecule has 2 atom stereocenters. The molecular formula is C60H78Cl3F5N18O5. The summed E-state index contributed by atoms with van der Waals surface area (Å²) in [6.07, 6.45) is 6.88. The minimum Gasteiger partial charge on any atom is -0.493 e. The number of carbonyl (C=O) groups is 3. The summed E-state index contributed by atoms with van der Waals surface area (Å²) in [6.45, 7) is 10.6. The van der Waals surface area contributed by atoms with Crippen molar-refractivity contribution in [2.75, 3.05) is 56.9 Å². The van der Waals surface area contributed by atoms with Crippen molar-refractivity contribution in [3.05, 3.63) is 107 Å². The van der Waals surface area contributed by atoms with Gasteiger partial charge in [-0.3, -0.25) is 14.4 Å². The number of carbonyl (C=O) groups excluding carboxylic acids is 3. The fourth-order valence-electron chi connectivity index (χ4n) is 9.12. The van der Waals surface area contributed by atoms with E-state index in [0.29, 0.717) is 108 Å². The van der Waals surface area contributed by atoms with Gasteiger partial charge in [-0.15, -0.1) is 0 Å². The van der Waals surface area contributed by atoms with E-state index in [1.807, 2.05) is 38.4 Å². The molecule has 3 amide bonds. The van der Waals surface area contributed by atoms with E-state index in [4.69, 9.17) is 44.3 Å². The largest absolute Gasteiger partial charge is 0.493 e. The maximum atomic E-state index is 12.7. The van der Waals surface area contributed by atoms with Crippen LogP contribution in [0.15, 0.2) is 92.0 Å². The van der Waals surface area contributed by atoms with E-state index in [2.05, 4.69) is 81.1 Å². The van der Waals surface area contributed by atoms with Crippen LogP contribution in [-0.2, 0) is 14.4 Å². The molecule has 0 aliphatic carbocycles. The molecule has 91 heavy (non-hydrogen) atoms. The van der Waals surface area contributed by atoms with Gasteiger partial charge < -0.3 is 55.9 Å². The van der Waals surface area contributed by atoms with E-state index in [1.54, 1.807) is 93.2 Å². The molecule has 0 saturated heterocycles. The monoisotopic (exact) mass is 1330 g/mol. The molecule has 0 bridgehead atoms. The van der Waals surface area contributed by atoms with E-state index in [0.717, 1.165) is 22.0 Å². The molecule has 9 aromatic heterocycles. The lowest BCUT2D eigenvalue weighted by Crippen LogP contribution is -2.51. The van der Waals surface area contributed by atoms with Crippen LogP contribution in [0.1, 0.15) is 71.3 Å². The SMILES string of the molecule is CCN(C)C(=O)[C@@](C)(CC)Nc1ccnc(-c2c[nH]c3ncc(Cl)cc23)n1.CC[C@@](C)(Nc1ccnc(-c2c[nH]c3ncc(Cl)cc23)n1)C(=O)NCC(F)F.COc1cc2nc(-c3c[nH]c4ncc(Cl)cc34)nc(NC(C)(C)C(=O)NCC(F)(F)F)c2cc1OC.[HH].[HH].[HH].[HH].[HH].[HH].[HH]. The summed E-state index contributed by atoms with van der Waals surface area (Å²) >= 11 is 18.2. The number of ether oxygens (including phenoxy) is 2. The van der Waals surface area contributed by atoms with Crippen molar-refractivity contribution in [1.29, 1.82) is 0 Å². The number of pyridine rings is 3. The lowest BCUT2D eigenvalue weighted by atomic mass is 9.97. The highest BCUT2D eigenvalue weighted by atomic mass is 35.5. The Labute approximate surface area is 543 Å². The van der Waals surface area contributed by atoms with Crippen LogP contribution in [0.2, 0.25) is 15.1 Å². The van der Waals surface area contributed by atoms with Crippen molar-refractivity contribution in [2.45, 2.75) is 90.5 Å². The summed E-state index contributed by atoms with van der Waals surface area (Å²) in [6, 6.07) is 11.9. The van der Waals surface area contributed by atoms with Gasteiger partial charge >= 0.3 is 6.18 Å². The van der Waals surface area contributed by atoms with Gasteiger partial charge in [-0.25, -0.2) is 53.6 Å². The number of alkyl halides is 5. The van der Waals surface area contributed by atoms with E-state index in [9.17, 15) is 36.3 Å². The maximum Gasteiger partial charge on any atom is 0.405 e. The number of methoxy groups -OCH3 is 2. The van der Waals surface area contributed by atoms with Crippen molar-refractivity contribution < 1.29 is 55.8 Å². The fraction of sp³-hybridized carbons (Fsp3) is 0.333. The Balaban J connectivity index is 0.000000718. The van der Waals surface area contributed by atoms with Gasteiger partial charge in [0.2, 0.25) is 17.7 Å². The number of aromatic amines is 3. The van der Waals surface area contributed by atoms with Crippen molar-refractivity contribution in [3.8, 4) is 45.7 Å². The molecule has 0 unspecified atom stereocenters. The minimum absolute atomic E-state index is 0. The minimum atomic E-state index is -4.55. The quantitative estimate of drug-likeness (QED) is 0.0329. The van der Waals surface area contributed by atoms with Crippen molar-refractivity contribution in [2.24, 2.45) is 0 Å². The number of nitrogens with one attached hydrogen (secondary N) is 8. The molecule has 0 spiro atoms. The molecule has 10 rings (SSSR count). The topological polar surface area (TPSA) is 296 Å². The Kier molecular flexibility index (Phi) is 21.0. The summed E-state index contributed by atoms with van der Waals surface area (Å²) in [7, 11) is 4.74. The third-order valence-electron chi connectivity index (χ3n) is 14.6.